The van der Waals surface area contributed by atoms with Gasteiger partial charge in [0.1, 0.15) is 12.9 Å². The third-order valence-corrected chi connectivity index (χ3v) is 3.94. The first-order valence-corrected chi connectivity index (χ1v) is 8.58. The van der Waals surface area contributed by atoms with Crippen molar-refractivity contribution in [2.75, 3.05) is 5.73 Å². The number of hydrogen-bond acceptors (Lipinski definition) is 6. The number of nitrogens with zero attached hydrogens (tertiary/aromatic N) is 2. The molecule has 9 heteroatoms. The second-order valence-corrected chi connectivity index (χ2v) is 5.99. The van der Waals surface area contributed by atoms with Gasteiger partial charge in [-0.1, -0.05) is 24.3 Å². The van der Waals surface area contributed by atoms with E-state index in [4.69, 9.17) is 10.5 Å². The average molecular weight is 369 g/mol. The molecule has 0 bridgehead atoms. The molecule has 3 aromatic rings. The normalized spacial score (nSPS) is 10.7. The summed E-state index contributed by atoms with van der Waals surface area (Å²) in [5.74, 6) is 0.643. The molecule has 0 aliphatic rings. The van der Waals surface area contributed by atoms with E-state index in [2.05, 4.69) is 25.3 Å². The molecule has 0 fully saturated rings. The quantitative estimate of drug-likeness (QED) is 0.379. The molecule has 1 amide bonds. The predicted octanol–water partition coefficient (Wildman–Crippen LogP) is 0.919. The lowest BCUT2D eigenvalue weighted by molar-refractivity contribution is -0.380. The molecule has 0 spiro atoms. The number of carbonyl (C=O) groups is 2. The Morgan fingerprint density at radius 3 is 2.85 bits per heavy atom. The summed E-state index contributed by atoms with van der Waals surface area (Å²) >= 11 is 0. The van der Waals surface area contributed by atoms with Crippen LogP contribution < -0.4 is 20.8 Å². The Morgan fingerprint density at radius 1 is 1.30 bits per heavy atom. The summed E-state index contributed by atoms with van der Waals surface area (Å²) in [6, 6.07) is 7.73. The molecule has 3 rings (SSSR count). The summed E-state index contributed by atoms with van der Waals surface area (Å²) in [4.78, 5) is 35.9. The minimum atomic E-state index is -0.0568. The van der Waals surface area contributed by atoms with Crippen molar-refractivity contribution >= 4 is 29.3 Å². The first kappa shape index (κ1) is 18.3. The number of aromatic amines is 2. The standard InChI is InChI=1S/C18H20N6O3/c19-18-23-16-15(21-11-22-16)17(24-18)27-10-13-6-4-12(5-7-13)9-20-14(26)3-1-2-8-25/h4-8,11H,1-3,9-10H2,(H,20,26)(H3,19,21,22,23,24)/p+1. The van der Waals surface area contributed by atoms with Crippen molar-refractivity contribution in [2.45, 2.75) is 32.4 Å². The zero-order chi connectivity index (χ0) is 19.1. The maximum atomic E-state index is 11.7. The number of fused-ring (bicyclic) bond motifs is 1. The summed E-state index contributed by atoms with van der Waals surface area (Å²) in [5.41, 5.74) is 8.80. The number of H-pyrrole nitrogens is 2. The zero-order valence-corrected chi connectivity index (χ0v) is 14.7. The van der Waals surface area contributed by atoms with E-state index in [1.807, 2.05) is 24.3 Å². The average Bonchev–Trinajstić information content (AvgIpc) is 3.14. The van der Waals surface area contributed by atoms with E-state index >= 15 is 0 Å². The summed E-state index contributed by atoms with van der Waals surface area (Å²) in [6.07, 6.45) is 3.70. The largest absolute Gasteiger partial charge is 0.461 e. The topological polar surface area (TPSA) is 137 Å². The highest BCUT2D eigenvalue weighted by Crippen LogP contribution is 2.17. The number of unbranched alkanes of at least 4 members (excludes halogenated alkanes) is 1. The van der Waals surface area contributed by atoms with E-state index in [9.17, 15) is 9.59 Å². The van der Waals surface area contributed by atoms with E-state index in [-0.39, 0.29) is 11.9 Å². The van der Waals surface area contributed by atoms with Gasteiger partial charge in [-0.25, -0.2) is 9.97 Å². The Balaban J connectivity index is 1.52. The molecule has 27 heavy (non-hydrogen) atoms. The van der Waals surface area contributed by atoms with Crippen molar-refractivity contribution in [1.29, 1.82) is 0 Å². The molecular formula is C18H21N6O3+. The first-order chi connectivity index (χ1) is 13.2. The van der Waals surface area contributed by atoms with Crippen LogP contribution in [0, 0.1) is 0 Å². The maximum absolute atomic E-state index is 11.7. The van der Waals surface area contributed by atoms with Crippen LogP contribution in [-0.4, -0.2) is 27.1 Å². The number of ether oxygens (including phenoxy) is 1. The van der Waals surface area contributed by atoms with Gasteiger partial charge in [0.15, 0.2) is 5.52 Å². The molecule has 0 aliphatic carbocycles. The highest BCUT2D eigenvalue weighted by Gasteiger charge is 2.14. The van der Waals surface area contributed by atoms with Crippen molar-refractivity contribution in [3.05, 3.63) is 41.7 Å². The highest BCUT2D eigenvalue weighted by molar-refractivity contribution is 5.76. The summed E-state index contributed by atoms with van der Waals surface area (Å²) in [7, 11) is 0. The fraction of sp³-hybridized carbons (Fsp3) is 0.278. The molecular weight excluding hydrogens is 348 g/mol. The van der Waals surface area contributed by atoms with E-state index in [0.29, 0.717) is 49.5 Å². The van der Waals surface area contributed by atoms with Crippen LogP contribution in [0.2, 0.25) is 0 Å². The Kier molecular flexibility index (Phi) is 5.93. The van der Waals surface area contributed by atoms with Crippen molar-refractivity contribution in [1.82, 2.24) is 20.3 Å². The minimum Gasteiger partial charge on any atom is -0.461 e. The van der Waals surface area contributed by atoms with Crippen molar-refractivity contribution in [2.24, 2.45) is 0 Å². The third kappa shape index (κ3) is 5.00. The number of carbonyl (C=O) groups excluding carboxylic acids is 2. The first-order valence-electron chi connectivity index (χ1n) is 8.58. The number of imidazole rings is 1. The smallest absolute Gasteiger partial charge is 0.392 e. The lowest BCUT2D eigenvalue weighted by Gasteiger charge is -2.07. The van der Waals surface area contributed by atoms with E-state index in [0.717, 1.165) is 17.4 Å². The van der Waals surface area contributed by atoms with Gasteiger partial charge < -0.3 is 19.8 Å². The number of aldehydes is 1. The molecule has 2 heterocycles. The SMILES string of the molecule is Nc1nc2nc[nH]c2c(OCc2ccc(CNC(=O)CCCC=O)cc2)[nH+]1. The van der Waals surface area contributed by atoms with Gasteiger partial charge in [-0.2, -0.15) is 0 Å². The molecule has 0 radical (unpaired) electrons. The number of aromatic nitrogens is 4. The molecule has 0 unspecified atom stereocenters. The van der Waals surface area contributed by atoms with Crippen LogP contribution in [0.3, 0.4) is 0 Å². The fourth-order valence-electron chi connectivity index (χ4n) is 2.51. The Hall–Kier alpha value is -3.49. The van der Waals surface area contributed by atoms with Crippen LogP contribution in [0.25, 0.3) is 11.2 Å². The summed E-state index contributed by atoms with van der Waals surface area (Å²) in [6.45, 7) is 0.789. The molecule has 140 valence electrons. The highest BCUT2D eigenvalue weighted by atomic mass is 16.5. The third-order valence-electron chi connectivity index (χ3n) is 3.94. The number of hydrogen-bond donors (Lipinski definition) is 3. The van der Waals surface area contributed by atoms with Crippen LogP contribution in [-0.2, 0) is 22.7 Å². The van der Waals surface area contributed by atoms with E-state index in [1.54, 1.807) is 0 Å². The molecule has 2 aromatic heterocycles. The number of benzene rings is 1. The van der Waals surface area contributed by atoms with Crippen molar-refractivity contribution < 1.29 is 19.3 Å². The Bertz CT molecular complexity index is 922. The lowest BCUT2D eigenvalue weighted by atomic mass is 10.1. The van der Waals surface area contributed by atoms with Crippen LogP contribution in [0.5, 0.6) is 5.88 Å². The molecule has 0 saturated heterocycles. The molecule has 1 aromatic carbocycles. The Labute approximate surface area is 155 Å². The van der Waals surface area contributed by atoms with Crippen LogP contribution >= 0.6 is 0 Å². The van der Waals surface area contributed by atoms with Gasteiger partial charge in [0.2, 0.25) is 5.91 Å². The molecule has 0 atom stereocenters. The lowest BCUT2D eigenvalue weighted by Crippen LogP contribution is -2.22. The summed E-state index contributed by atoms with van der Waals surface area (Å²) in [5, 5.41) is 2.84. The Morgan fingerprint density at radius 2 is 2.07 bits per heavy atom. The molecule has 9 nitrogen and oxygen atoms in total. The van der Waals surface area contributed by atoms with Gasteiger partial charge in [0.25, 0.3) is 11.5 Å². The van der Waals surface area contributed by atoms with Gasteiger partial charge in [-0.15, -0.1) is 0 Å². The van der Waals surface area contributed by atoms with Gasteiger partial charge >= 0.3 is 5.95 Å². The zero-order valence-electron chi connectivity index (χ0n) is 14.7. The second kappa shape index (κ2) is 8.75. The van der Waals surface area contributed by atoms with Gasteiger partial charge in [-0.05, 0) is 22.5 Å². The molecule has 5 N–H and O–H groups in total. The van der Waals surface area contributed by atoms with Gasteiger partial charge in [-0.3, -0.25) is 10.5 Å². The van der Waals surface area contributed by atoms with Crippen LogP contribution in [0.15, 0.2) is 30.6 Å². The monoisotopic (exact) mass is 369 g/mol. The fourth-order valence-corrected chi connectivity index (χ4v) is 2.51. The second-order valence-electron chi connectivity index (χ2n) is 5.99. The predicted molar refractivity (Wildman–Crippen MR) is 97.4 cm³/mol. The van der Waals surface area contributed by atoms with E-state index < -0.39 is 0 Å². The maximum Gasteiger partial charge on any atom is 0.392 e. The minimum absolute atomic E-state index is 0.0568. The van der Waals surface area contributed by atoms with Crippen molar-refractivity contribution in [3.8, 4) is 5.88 Å². The van der Waals surface area contributed by atoms with Crippen molar-refractivity contribution in [3.63, 3.8) is 0 Å². The number of anilines is 1. The van der Waals surface area contributed by atoms with Gasteiger partial charge in [0, 0.05) is 19.4 Å². The number of rotatable bonds is 9. The number of nitrogens with two attached hydrogens (primary N) is 1. The van der Waals surface area contributed by atoms with Crippen LogP contribution in [0.4, 0.5) is 5.95 Å². The van der Waals surface area contributed by atoms with Crippen LogP contribution in [0.1, 0.15) is 30.4 Å². The molecule has 0 saturated carbocycles. The molecule has 0 aliphatic heterocycles. The number of nitrogen functional groups attached to an aromatic ring is 1. The van der Waals surface area contributed by atoms with E-state index in [1.165, 1.54) is 6.33 Å². The number of nitrogens with one attached hydrogen (secondary N) is 3. The number of amides is 1. The summed E-state index contributed by atoms with van der Waals surface area (Å²) < 4.78 is 5.79. The van der Waals surface area contributed by atoms with Gasteiger partial charge in [0.05, 0.1) is 6.33 Å².